The van der Waals surface area contributed by atoms with Gasteiger partial charge in [0.25, 0.3) is 0 Å². The van der Waals surface area contributed by atoms with Gasteiger partial charge >= 0.3 is 0 Å². The molecule has 7 heteroatoms. The summed E-state index contributed by atoms with van der Waals surface area (Å²) in [5.41, 5.74) is 6.45. The Kier molecular flexibility index (Phi) is 5.89. The van der Waals surface area contributed by atoms with Gasteiger partial charge in [-0.25, -0.2) is 13.1 Å². The molecule has 5 nitrogen and oxygen atoms in total. The highest BCUT2D eigenvalue weighted by Crippen LogP contribution is 2.28. The molecule has 0 unspecified atom stereocenters. The second-order valence-electron chi connectivity index (χ2n) is 5.99. The third kappa shape index (κ3) is 4.24. The SMILES string of the molecule is C[B]c1ccc(S(=O)(=O)NCC2CCC(CN)CC2)c(O)c1. The van der Waals surface area contributed by atoms with Crippen molar-refractivity contribution in [3.05, 3.63) is 18.2 Å². The molecule has 0 bridgehead atoms. The van der Waals surface area contributed by atoms with Gasteiger partial charge in [-0.3, -0.25) is 0 Å². The molecule has 0 spiro atoms. The van der Waals surface area contributed by atoms with Gasteiger partial charge in [-0.1, -0.05) is 18.4 Å². The molecular formula is C15H24BN2O3S. The Bertz CT molecular complexity index is 599. The minimum absolute atomic E-state index is 0.0613. The number of hydrogen-bond donors (Lipinski definition) is 3. The van der Waals surface area contributed by atoms with Gasteiger partial charge in [-0.15, -0.1) is 0 Å². The number of aromatic hydroxyl groups is 1. The minimum Gasteiger partial charge on any atom is -0.507 e. The van der Waals surface area contributed by atoms with Crippen LogP contribution in [0.2, 0.25) is 6.82 Å². The molecule has 22 heavy (non-hydrogen) atoms. The van der Waals surface area contributed by atoms with Crippen molar-refractivity contribution < 1.29 is 13.5 Å². The molecule has 1 aliphatic rings. The van der Waals surface area contributed by atoms with Crippen LogP contribution in [0.4, 0.5) is 0 Å². The lowest BCUT2D eigenvalue weighted by Crippen LogP contribution is -2.32. The summed E-state index contributed by atoms with van der Waals surface area (Å²) in [6, 6.07) is 4.58. The fourth-order valence-corrected chi connectivity index (χ4v) is 4.11. The molecule has 0 atom stereocenters. The van der Waals surface area contributed by atoms with Crippen molar-refractivity contribution in [3.8, 4) is 5.75 Å². The van der Waals surface area contributed by atoms with Crippen molar-refractivity contribution in [2.24, 2.45) is 17.6 Å². The zero-order valence-electron chi connectivity index (χ0n) is 13.0. The van der Waals surface area contributed by atoms with Crippen LogP contribution < -0.4 is 15.9 Å². The third-order valence-corrected chi connectivity index (χ3v) is 5.94. The molecule has 1 aliphatic carbocycles. The first-order valence-electron chi connectivity index (χ1n) is 7.78. The van der Waals surface area contributed by atoms with E-state index in [-0.39, 0.29) is 10.6 Å². The Labute approximate surface area is 133 Å². The van der Waals surface area contributed by atoms with Gasteiger partial charge in [0.2, 0.25) is 10.0 Å². The number of phenols is 1. The summed E-state index contributed by atoms with van der Waals surface area (Å²) in [6.45, 7) is 2.96. The highest BCUT2D eigenvalue weighted by molar-refractivity contribution is 7.89. The highest BCUT2D eigenvalue weighted by Gasteiger charge is 2.24. The van der Waals surface area contributed by atoms with Gasteiger partial charge in [-0.05, 0) is 56.2 Å². The Morgan fingerprint density at radius 3 is 2.45 bits per heavy atom. The molecule has 0 heterocycles. The maximum absolute atomic E-state index is 12.3. The van der Waals surface area contributed by atoms with Crippen molar-refractivity contribution in [1.29, 1.82) is 0 Å². The number of rotatable bonds is 6. The lowest BCUT2D eigenvalue weighted by molar-refractivity contribution is 0.280. The van der Waals surface area contributed by atoms with Crippen molar-refractivity contribution in [2.75, 3.05) is 13.1 Å². The van der Waals surface area contributed by atoms with Crippen LogP contribution in [0.3, 0.4) is 0 Å². The Morgan fingerprint density at radius 2 is 1.91 bits per heavy atom. The first kappa shape index (κ1) is 17.3. The van der Waals surface area contributed by atoms with E-state index in [2.05, 4.69) is 4.72 Å². The van der Waals surface area contributed by atoms with E-state index in [0.29, 0.717) is 24.9 Å². The lowest BCUT2D eigenvalue weighted by Gasteiger charge is -2.27. The summed E-state index contributed by atoms with van der Waals surface area (Å²) in [6.07, 6.45) is 4.13. The largest absolute Gasteiger partial charge is 0.507 e. The predicted molar refractivity (Wildman–Crippen MR) is 89.0 cm³/mol. The standard InChI is InChI=1S/C15H24BN2O3S/c1-16-13-6-7-15(14(19)8-13)22(20,21)18-10-12-4-2-11(9-17)3-5-12/h6-8,11-12,18-19H,2-5,9-10,17H2,1H3. The van der Waals surface area contributed by atoms with E-state index in [9.17, 15) is 13.5 Å². The molecule has 1 fully saturated rings. The number of phenolic OH excluding ortho intramolecular Hbond substituents is 1. The van der Waals surface area contributed by atoms with Crippen LogP contribution in [0.1, 0.15) is 25.7 Å². The van der Waals surface area contributed by atoms with Gasteiger partial charge < -0.3 is 10.8 Å². The lowest BCUT2D eigenvalue weighted by atomic mass is 9.73. The normalized spacial score (nSPS) is 22.5. The average Bonchev–Trinajstić information content (AvgIpc) is 2.53. The summed E-state index contributed by atoms with van der Waals surface area (Å²) in [5, 5.41) is 9.91. The topological polar surface area (TPSA) is 92.4 Å². The van der Waals surface area contributed by atoms with E-state index in [4.69, 9.17) is 5.73 Å². The molecule has 1 aromatic carbocycles. The fourth-order valence-electron chi connectivity index (χ4n) is 2.92. The Balaban J connectivity index is 1.97. The molecular weight excluding hydrogens is 299 g/mol. The van der Waals surface area contributed by atoms with Crippen molar-refractivity contribution in [2.45, 2.75) is 37.4 Å². The quantitative estimate of drug-likeness (QED) is 0.676. The van der Waals surface area contributed by atoms with Crippen LogP contribution in [0.25, 0.3) is 0 Å². The summed E-state index contributed by atoms with van der Waals surface area (Å²) >= 11 is 0. The Morgan fingerprint density at radius 1 is 1.27 bits per heavy atom. The van der Waals surface area contributed by atoms with Crippen LogP contribution in [0.15, 0.2) is 23.1 Å². The van der Waals surface area contributed by atoms with Crippen LogP contribution in [-0.2, 0) is 10.0 Å². The smallest absolute Gasteiger partial charge is 0.244 e. The zero-order chi connectivity index (χ0) is 16.2. The molecule has 0 aliphatic heterocycles. The van der Waals surface area contributed by atoms with E-state index in [1.807, 2.05) is 6.82 Å². The molecule has 1 saturated carbocycles. The summed E-state index contributed by atoms with van der Waals surface area (Å²) in [5.74, 6) is 0.715. The van der Waals surface area contributed by atoms with Gasteiger partial charge in [-0.2, -0.15) is 0 Å². The maximum atomic E-state index is 12.3. The highest BCUT2D eigenvalue weighted by atomic mass is 32.2. The minimum atomic E-state index is -3.67. The summed E-state index contributed by atoms with van der Waals surface area (Å²) in [7, 11) is -1.87. The first-order valence-corrected chi connectivity index (χ1v) is 9.26. The van der Waals surface area contributed by atoms with Gasteiger partial charge in [0, 0.05) is 6.54 Å². The van der Waals surface area contributed by atoms with Crippen molar-refractivity contribution in [1.82, 2.24) is 4.72 Å². The van der Waals surface area contributed by atoms with Crippen molar-refractivity contribution >= 4 is 22.8 Å². The second kappa shape index (κ2) is 7.48. The van der Waals surface area contributed by atoms with Crippen molar-refractivity contribution in [3.63, 3.8) is 0 Å². The molecule has 4 N–H and O–H groups in total. The third-order valence-electron chi connectivity index (χ3n) is 4.47. The number of nitrogens with two attached hydrogens (primary N) is 1. The number of hydrogen-bond acceptors (Lipinski definition) is 4. The van der Waals surface area contributed by atoms with Gasteiger partial charge in [0.1, 0.15) is 17.9 Å². The second-order valence-corrected chi connectivity index (χ2v) is 7.73. The number of nitrogens with one attached hydrogen (secondary N) is 1. The number of benzene rings is 1. The molecule has 121 valence electrons. The van der Waals surface area contributed by atoms with E-state index in [0.717, 1.165) is 31.1 Å². The van der Waals surface area contributed by atoms with Gasteiger partial charge in [0.05, 0.1) is 0 Å². The maximum Gasteiger partial charge on any atom is 0.244 e. The van der Waals surface area contributed by atoms with Gasteiger partial charge in [0.15, 0.2) is 0 Å². The average molecular weight is 323 g/mol. The van der Waals surface area contributed by atoms with Crippen LogP contribution in [0.5, 0.6) is 5.75 Å². The molecule has 0 aromatic heterocycles. The fraction of sp³-hybridized carbons (Fsp3) is 0.600. The van der Waals surface area contributed by atoms with Crippen LogP contribution in [-0.4, -0.2) is 33.9 Å². The van der Waals surface area contributed by atoms with Crippen LogP contribution >= 0.6 is 0 Å². The Hall–Kier alpha value is -1.05. The molecule has 1 aromatic rings. The monoisotopic (exact) mass is 323 g/mol. The van der Waals surface area contributed by atoms with E-state index in [1.54, 1.807) is 13.3 Å². The van der Waals surface area contributed by atoms with E-state index < -0.39 is 10.0 Å². The van der Waals surface area contributed by atoms with E-state index in [1.165, 1.54) is 12.1 Å². The molecule has 0 saturated heterocycles. The molecule has 2 rings (SSSR count). The predicted octanol–water partition coefficient (Wildman–Crippen LogP) is 0.813. The number of sulfonamides is 1. The zero-order valence-corrected chi connectivity index (χ0v) is 13.8. The van der Waals surface area contributed by atoms with E-state index >= 15 is 0 Å². The molecule has 0 amide bonds. The first-order chi connectivity index (χ1) is 10.5. The molecule has 1 radical (unpaired) electrons. The van der Waals surface area contributed by atoms with Crippen LogP contribution in [0, 0.1) is 11.8 Å². The summed E-state index contributed by atoms with van der Waals surface area (Å²) in [4.78, 5) is -0.0613. The summed E-state index contributed by atoms with van der Waals surface area (Å²) < 4.78 is 27.3.